The lowest BCUT2D eigenvalue weighted by Gasteiger charge is -2.18. The second-order valence-electron chi connectivity index (χ2n) is 6.96. The van der Waals surface area contributed by atoms with Crippen LogP contribution in [0.25, 0.3) is 0 Å². The molecule has 1 N–H and O–H groups in total. The van der Waals surface area contributed by atoms with Crippen LogP contribution in [0.5, 0.6) is 0 Å². The van der Waals surface area contributed by atoms with Crippen molar-refractivity contribution < 1.29 is 13.2 Å². The van der Waals surface area contributed by atoms with Crippen molar-refractivity contribution >= 4 is 21.6 Å². The zero-order chi connectivity index (χ0) is 20.2. The second-order valence-corrected chi connectivity index (χ2v) is 9.11. The highest BCUT2D eigenvalue weighted by molar-refractivity contribution is 7.89. The van der Waals surface area contributed by atoms with E-state index >= 15 is 0 Å². The number of nitrogens with one attached hydrogen (secondary N) is 1. The Kier molecular flexibility index (Phi) is 6.75. The van der Waals surface area contributed by atoms with Gasteiger partial charge in [0.15, 0.2) is 0 Å². The van der Waals surface area contributed by atoms with Gasteiger partial charge in [-0.15, -0.1) is 0 Å². The molecule has 0 radical (unpaired) electrons. The third-order valence-electron chi connectivity index (χ3n) is 4.27. The summed E-state index contributed by atoms with van der Waals surface area (Å²) in [7, 11) is 1.39. The van der Waals surface area contributed by atoms with Gasteiger partial charge in [0.2, 0.25) is 15.9 Å². The van der Waals surface area contributed by atoms with E-state index in [0.717, 1.165) is 4.31 Å². The summed E-state index contributed by atoms with van der Waals surface area (Å²) in [6.07, 6.45) is 0. The fourth-order valence-corrected chi connectivity index (χ4v) is 3.64. The first-order valence-corrected chi connectivity index (χ1v) is 10.1. The zero-order valence-electron chi connectivity index (χ0n) is 16.5. The minimum atomic E-state index is -3.47. The third kappa shape index (κ3) is 5.63. The van der Waals surface area contributed by atoms with Crippen LogP contribution in [0.15, 0.2) is 47.4 Å². The summed E-state index contributed by atoms with van der Waals surface area (Å²) in [5.41, 5.74) is 4.18. The van der Waals surface area contributed by atoms with E-state index in [-0.39, 0.29) is 17.3 Å². The van der Waals surface area contributed by atoms with Crippen molar-refractivity contribution in [2.45, 2.75) is 25.3 Å². The van der Waals surface area contributed by atoms with Gasteiger partial charge in [-0.05, 0) is 56.3 Å². The number of benzene rings is 2. The summed E-state index contributed by atoms with van der Waals surface area (Å²) in [6.45, 7) is 5.05. The van der Waals surface area contributed by atoms with E-state index < -0.39 is 10.0 Å². The topological polar surface area (TPSA) is 69.7 Å². The Morgan fingerprint density at radius 2 is 1.63 bits per heavy atom. The number of carbonyl (C=O) groups is 1. The van der Waals surface area contributed by atoms with Crippen molar-refractivity contribution in [3.8, 4) is 0 Å². The Morgan fingerprint density at radius 3 is 2.19 bits per heavy atom. The number of hydrogen-bond acceptors (Lipinski definition) is 4. The molecule has 27 heavy (non-hydrogen) atoms. The van der Waals surface area contributed by atoms with Crippen molar-refractivity contribution in [1.29, 1.82) is 0 Å². The number of hydrogen-bond donors (Lipinski definition) is 1. The molecule has 146 valence electrons. The minimum absolute atomic E-state index is 0.148. The number of nitrogens with zero attached hydrogens (tertiary/aromatic N) is 2. The molecule has 0 aliphatic rings. The van der Waals surface area contributed by atoms with Crippen LogP contribution >= 0.6 is 0 Å². The molecular formula is C20H27N3O3S. The first kappa shape index (κ1) is 21.1. The maximum atomic E-state index is 12.3. The van der Waals surface area contributed by atoms with Gasteiger partial charge < -0.3 is 5.32 Å². The molecule has 2 rings (SSSR count). The number of rotatable bonds is 7. The predicted molar refractivity (Wildman–Crippen MR) is 108 cm³/mol. The molecule has 6 nitrogen and oxygen atoms in total. The van der Waals surface area contributed by atoms with Crippen LogP contribution in [-0.4, -0.2) is 51.2 Å². The summed E-state index contributed by atoms with van der Waals surface area (Å²) in [5, 5.41) is 2.80. The van der Waals surface area contributed by atoms with Crippen LogP contribution < -0.4 is 5.32 Å². The van der Waals surface area contributed by atoms with Gasteiger partial charge in [0.1, 0.15) is 0 Å². The van der Waals surface area contributed by atoms with E-state index in [1.807, 2.05) is 11.9 Å². The monoisotopic (exact) mass is 389 g/mol. The van der Waals surface area contributed by atoms with Gasteiger partial charge >= 0.3 is 0 Å². The first-order chi connectivity index (χ1) is 12.6. The van der Waals surface area contributed by atoms with Gasteiger partial charge in [-0.3, -0.25) is 9.69 Å². The number of anilines is 1. The molecule has 0 saturated carbocycles. The zero-order valence-corrected chi connectivity index (χ0v) is 17.3. The van der Waals surface area contributed by atoms with Crippen LogP contribution in [0.1, 0.15) is 16.7 Å². The number of aryl methyl sites for hydroxylation is 2. The average molecular weight is 390 g/mol. The van der Waals surface area contributed by atoms with Crippen LogP contribution in [0, 0.1) is 13.8 Å². The Bertz CT molecular complexity index is 907. The Morgan fingerprint density at radius 1 is 1.00 bits per heavy atom. The molecule has 7 heteroatoms. The molecule has 0 saturated heterocycles. The summed E-state index contributed by atoms with van der Waals surface area (Å²) >= 11 is 0. The fourth-order valence-electron chi connectivity index (χ4n) is 2.74. The molecule has 0 aromatic heterocycles. The molecule has 0 aliphatic heterocycles. The molecule has 0 unspecified atom stereocenters. The molecule has 0 bridgehead atoms. The van der Waals surface area contributed by atoms with Crippen molar-refractivity contribution in [3.05, 3.63) is 59.2 Å². The third-order valence-corrected chi connectivity index (χ3v) is 6.10. The van der Waals surface area contributed by atoms with Crippen molar-refractivity contribution in [3.63, 3.8) is 0 Å². The van der Waals surface area contributed by atoms with E-state index in [2.05, 4.69) is 37.4 Å². The quantitative estimate of drug-likeness (QED) is 0.790. The van der Waals surface area contributed by atoms with Crippen LogP contribution in [-0.2, 0) is 21.4 Å². The van der Waals surface area contributed by atoms with E-state index in [4.69, 9.17) is 0 Å². The van der Waals surface area contributed by atoms with Crippen LogP contribution in [0.2, 0.25) is 0 Å². The summed E-state index contributed by atoms with van der Waals surface area (Å²) in [5.74, 6) is -0.148. The van der Waals surface area contributed by atoms with E-state index in [1.165, 1.54) is 42.9 Å². The summed E-state index contributed by atoms with van der Waals surface area (Å²) in [6, 6.07) is 12.5. The first-order valence-electron chi connectivity index (χ1n) is 8.66. The maximum absolute atomic E-state index is 12.3. The molecule has 0 fully saturated rings. The molecule has 0 spiro atoms. The molecule has 2 aromatic rings. The average Bonchev–Trinajstić information content (AvgIpc) is 2.57. The Hall–Kier alpha value is -2.22. The molecular weight excluding hydrogens is 362 g/mol. The van der Waals surface area contributed by atoms with Gasteiger partial charge in [0, 0.05) is 26.3 Å². The standard InChI is InChI=1S/C20H27N3O3S/c1-15-6-7-17(16(2)12-15)13-23(5)14-20(24)21-18-8-10-19(11-9-18)27(25,26)22(3)4/h6-12H,13-14H2,1-5H3,(H,21,24). The molecule has 2 aromatic carbocycles. The number of likely N-dealkylation sites (N-methyl/N-ethyl adjacent to an activating group) is 1. The minimum Gasteiger partial charge on any atom is -0.325 e. The van der Waals surface area contributed by atoms with Crippen LogP contribution in [0.4, 0.5) is 5.69 Å². The predicted octanol–water partition coefficient (Wildman–Crippen LogP) is 2.62. The Balaban J connectivity index is 1.95. The normalized spacial score (nSPS) is 11.8. The molecule has 0 aliphatic carbocycles. The van der Waals surface area contributed by atoms with Gasteiger partial charge in [0.25, 0.3) is 0 Å². The summed E-state index contributed by atoms with van der Waals surface area (Å²) in [4.78, 5) is 14.4. The Labute approximate surface area is 161 Å². The number of carbonyl (C=O) groups excluding carboxylic acids is 1. The highest BCUT2D eigenvalue weighted by Crippen LogP contribution is 2.17. The lowest BCUT2D eigenvalue weighted by molar-refractivity contribution is -0.117. The van der Waals surface area contributed by atoms with Crippen molar-refractivity contribution in [1.82, 2.24) is 9.21 Å². The SMILES string of the molecule is Cc1ccc(CN(C)CC(=O)Nc2ccc(S(=O)(=O)N(C)C)cc2)c(C)c1. The number of amides is 1. The lowest BCUT2D eigenvalue weighted by Crippen LogP contribution is -2.30. The van der Waals surface area contributed by atoms with Crippen LogP contribution in [0.3, 0.4) is 0 Å². The van der Waals surface area contributed by atoms with E-state index in [0.29, 0.717) is 12.2 Å². The molecule has 0 atom stereocenters. The van der Waals surface area contributed by atoms with Gasteiger partial charge in [-0.2, -0.15) is 0 Å². The largest absolute Gasteiger partial charge is 0.325 e. The highest BCUT2D eigenvalue weighted by atomic mass is 32.2. The number of sulfonamides is 1. The van der Waals surface area contributed by atoms with Gasteiger partial charge in [-0.1, -0.05) is 23.8 Å². The highest BCUT2D eigenvalue weighted by Gasteiger charge is 2.17. The van der Waals surface area contributed by atoms with E-state index in [1.54, 1.807) is 12.1 Å². The summed E-state index contributed by atoms with van der Waals surface area (Å²) < 4.78 is 25.3. The second kappa shape index (κ2) is 8.65. The van der Waals surface area contributed by atoms with Crippen molar-refractivity contribution in [2.24, 2.45) is 0 Å². The van der Waals surface area contributed by atoms with Gasteiger partial charge in [-0.25, -0.2) is 12.7 Å². The lowest BCUT2D eigenvalue weighted by atomic mass is 10.1. The smallest absolute Gasteiger partial charge is 0.242 e. The fraction of sp³-hybridized carbons (Fsp3) is 0.350. The molecule has 0 heterocycles. The van der Waals surface area contributed by atoms with Gasteiger partial charge in [0.05, 0.1) is 11.4 Å². The van der Waals surface area contributed by atoms with E-state index in [9.17, 15) is 13.2 Å². The molecule has 1 amide bonds. The maximum Gasteiger partial charge on any atom is 0.242 e. The van der Waals surface area contributed by atoms with Crippen molar-refractivity contribution in [2.75, 3.05) is 33.0 Å².